The second-order valence-electron chi connectivity index (χ2n) is 3.66. The molecule has 7 nitrogen and oxygen atoms in total. The highest BCUT2D eigenvalue weighted by molar-refractivity contribution is 5.92. The van der Waals surface area contributed by atoms with E-state index in [1.54, 1.807) is 12.1 Å². The molecule has 0 bridgehead atoms. The number of amides is 2. The minimum absolute atomic E-state index is 0.0861. The summed E-state index contributed by atoms with van der Waals surface area (Å²) in [6.45, 7) is 5.66. The van der Waals surface area contributed by atoms with Crippen LogP contribution in [0.5, 0.6) is 5.75 Å². The van der Waals surface area contributed by atoms with Crippen molar-refractivity contribution in [2.24, 2.45) is 11.7 Å². The van der Waals surface area contributed by atoms with Crippen molar-refractivity contribution >= 4 is 17.4 Å². The second kappa shape index (κ2) is 6.08. The molecule has 1 aromatic carbocycles. The Morgan fingerprint density at radius 1 is 1.39 bits per heavy atom. The van der Waals surface area contributed by atoms with E-state index in [1.807, 2.05) is 19.3 Å². The van der Waals surface area contributed by atoms with Gasteiger partial charge in [-0.05, 0) is 32.0 Å². The summed E-state index contributed by atoms with van der Waals surface area (Å²) >= 11 is 0. The van der Waals surface area contributed by atoms with E-state index in [0.717, 1.165) is 23.8 Å². The number of hydrazine groups is 2. The maximum atomic E-state index is 11.3. The normalized spacial score (nSPS) is 10.0. The predicted octanol–water partition coefficient (Wildman–Crippen LogP) is 0.502. The average Bonchev–Trinajstić information content (AvgIpc) is 2.40. The molecule has 0 unspecified atom stereocenters. The van der Waals surface area contributed by atoms with Crippen molar-refractivity contribution in [1.29, 1.82) is 0 Å². The fourth-order valence-corrected chi connectivity index (χ4v) is 1.67. The Morgan fingerprint density at radius 3 is 2.50 bits per heavy atom. The Bertz CT molecular complexity index is 420. The van der Waals surface area contributed by atoms with E-state index in [-0.39, 0.29) is 11.4 Å². The van der Waals surface area contributed by atoms with Crippen LogP contribution in [-0.4, -0.2) is 24.2 Å². The minimum Gasteiger partial charge on any atom is -0.506 e. The summed E-state index contributed by atoms with van der Waals surface area (Å²) in [5, 5.41) is 10.5. The summed E-state index contributed by atoms with van der Waals surface area (Å²) in [5.41, 5.74) is 2.97. The molecule has 1 rings (SSSR count). The van der Waals surface area contributed by atoms with Gasteiger partial charge in [0, 0.05) is 18.8 Å². The summed E-state index contributed by atoms with van der Waals surface area (Å²) in [7, 11) is 0. The fourth-order valence-electron chi connectivity index (χ4n) is 1.67. The molecular weight excluding hydrogens is 234 g/mol. The molecule has 0 saturated carbocycles. The molecule has 2 amide bonds. The first-order valence-electron chi connectivity index (χ1n) is 5.68. The number of anilines is 2. The number of hydrogen-bond donors (Lipinski definition) is 4. The molecule has 18 heavy (non-hydrogen) atoms. The zero-order valence-electron chi connectivity index (χ0n) is 10.6. The Labute approximate surface area is 106 Å². The highest BCUT2D eigenvalue weighted by Crippen LogP contribution is 2.30. The van der Waals surface area contributed by atoms with Gasteiger partial charge in [-0.15, -0.1) is 0 Å². The van der Waals surface area contributed by atoms with Crippen molar-refractivity contribution in [3.8, 4) is 5.75 Å². The molecule has 0 fully saturated rings. The van der Waals surface area contributed by atoms with Gasteiger partial charge < -0.3 is 10.0 Å². The number of carbonyl (C=O) groups is 1. The van der Waals surface area contributed by atoms with E-state index in [2.05, 4.69) is 4.90 Å². The molecule has 0 saturated heterocycles. The van der Waals surface area contributed by atoms with Crippen LogP contribution in [-0.2, 0) is 0 Å². The summed E-state index contributed by atoms with van der Waals surface area (Å²) in [6, 6.07) is 4.19. The van der Waals surface area contributed by atoms with Crippen molar-refractivity contribution in [1.82, 2.24) is 5.43 Å². The van der Waals surface area contributed by atoms with Crippen LogP contribution in [0.4, 0.5) is 16.2 Å². The third-order valence-electron chi connectivity index (χ3n) is 2.69. The zero-order chi connectivity index (χ0) is 13.7. The molecule has 0 heterocycles. The number of phenols is 1. The number of phenolic OH excluding ortho intramolecular Hbond substituents is 1. The van der Waals surface area contributed by atoms with Crippen LogP contribution in [0.3, 0.4) is 0 Å². The molecule has 100 valence electrons. The number of nitrogens with zero attached hydrogens (tertiary/aromatic N) is 2. The van der Waals surface area contributed by atoms with Gasteiger partial charge >= 0.3 is 6.03 Å². The van der Waals surface area contributed by atoms with Crippen LogP contribution in [0, 0.1) is 0 Å². The first kappa shape index (κ1) is 14.1. The highest BCUT2D eigenvalue weighted by atomic mass is 16.3. The van der Waals surface area contributed by atoms with E-state index in [0.29, 0.717) is 0 Å². The van der Waals surface area contributed by atoms with Gasteiger partial charge in [-0.25, -0.2) is 21.5 Å². The Morgan fingerprint density at radius 2 is 2.00 bits per heavy atom. The summed E-state index contributed by atoms with van der Waals surface area (Å²) in [5.74, 6) is 10.5. The van der Waals surface area contributed by atoms with Gasteiger partial charge in [-0.3, -0.25) is 5.43 Å². The molecule has 0 aliphatic heterocycles. The lowest BCUT2D eigenvalue weighted by Crippen LogP contribution is -2.47. The third kappa shape index (κ3) is 2.82. The topological polar surface area (TPSA) is 108 Å². The summed E-state index contributed by atoms with van der Waals surface area (Å²) < 4.78 is 0. The zero-order valence-corrected chi connectivity index (χ0v) is 10.6. The summed E-state index contributed by atoms with van der Waals surface area (Å²) in [4.78, 5) is 13.4. The number of benzene rings is 1. The molecule has 0 aromatic heterocycles. The SMILES string of the molecule is CCN(CC)c1ccc(O)c(N(N)C(=O)NN)c1. The van der Waals surface area contributed by atoms with E-state index >= 15 is 0 Å². The predicted molar refractivity (Wildman–Crippen MR) is 71.1 cm³/mol. The third-order valence-corrected chi connectivity index (χ3v) is 2.69. The quantitative estimate of drug-likeness (QED) is 0.355. The molecular formula is C11H19N5O2. The molecule has 0 atom stereocenters. The number of carbonyl (C=O) groups excluding carboxylic acids is 1. The van der Waals surface area contributed by atoms with Crippen LogP contribution < -0.4 is 27.0 Å². The number of rotatable bonds is 4. The Kier molecular flexibility index (Phi) is 4.75. The van der Waals surface area contributed by atoms with Crippen LogP contribution in [0.2, 0.25) is 0 Å². The average molecular weight is 253 g/mol. The van der Waals surface area contributed by atoms with Crippen LogP contribution in [0.25, 0.3) is 0 Å². The van der Waals surface area contributed by atoms with Gasteiger partial charge in [0.1, 0.15) is 11.4 Å². The van der Waals surface area contributed by atoms with Crippen LogP contribution in [0.1, 0.15) is 13.8 Å². The highest BCUT2D eigenvalue weighted by Gasteiger charge is 2.16. The lowest BCUT2D eigenvalue weighted by atomic mass is 10.2. The Balaban J connectivity index is 3.11. The van der Waals surface area contributed by atoms with Crippen molar-refractivity contribution < 1.29 is 9.90 Å². The number of nitrogens with two attached hydrogens (primary N) is 2. The van der Waals surface area contributed by atoms with Gasteiger partial charge in [-0.1, -0.05) is 0 Å². The molecule has 0 spiro atoms. The largest absolute Gasteiger partial charge is 0.506 e. The van der Waals surface area contributed by atoms with E-state index in [9.17, 15) is 9.90 Å². The van der Waals surface area contributed by atoms with Gasteiger partial charge in [0.25, 0.3) is 0 Å². The van der Waals surface area contributed by atoms with Gasteiger partial charge in [0.05, 0.1) is 0 Å². The van der Waals surface area contributed by atoms with E-state index in [1.165, 1.54) is 6.07 Å². The number of nitrogens with one attached hydrogen (secondary N) is 1. The molecule has 7 heteroatoms. The second-order valence-corrected chi connectivity index (χ2v) is 3.66. The molecule has 1 aromatic rings. The number of aromatic hydroxyl groups is 1. The standard InChI is InChI=1S/C11H19N5O2/c1-3-15(4-2)8-5-6-10(17)9(7-8)16(13)11(18)14-12/h5-7,17H,3-4,12-13H2,1-2H3,(H,14,18). The maximum Gasteiger partial charge on any atom is 0.350 e. The van der Waals surface area contributed by atoms with Crippen molar-refractivity contribution in [3.05, 3.63) is 18.2 Å². The Hall–Kier alpha value is -1.99. The van der Waals surface area contributed by atoms with Crippen LogP contribution in [0.15, 0.2) is 18.2 Å². The van der Waals surface area contributed by atoms with E-state index in [4.69, 9.17) is 11.7 Å². The first-order valence-corrected chi connectivity index (χ1v) is 5.68. The van der Waals surface area contributed by atoms with Crippen LogP contribution >= 0.6 is 0 Å². The monoisotopic (exact) mass is 253 g/mol. The van der Waals surface area contributed by atoms with Crippen molar-refractivity contribution in [2.45, 2.75) is 13.8 Å². The maximum absolute atomic E-state index is 11.3. The number of hydrogen-bond acceptors (Lipinski definition) is 5. The van der Waals surface area contributed by atoms with Gasteiger partial charge in [-0.2, -0.15) is 0 Å². The molecule has 0 aliphatic rings. The van der Waals surface area contributed by atoms with Crippen molar-refractivity contribution in [3.63, 3.8) is 0 Å². The number of urea groups is 1. The summed E-state index contributed by atoms with van der Waals surface area (Å²) in [6.07, 6.45) is 0. The lowest BCUT2D eigenvalue weighted by molar-refractivity contribution is 0.246. The smallest absolute Gasteiger partial charge is 0.350 e. The lowest BCUT2D eigenvalue weighted by Gasteiger charge is -2.24. The van der Waals surface area contributed by atoms with Gasteiger partial charge in [0.15, 0.2) is 0 Å². The van der Waals surface area contributed by atoms with E-state index < -0.39 is 6.03 Å². The fraction of sp³-hybridized carbons (Fsp3) is 0.364. The molecule has 0 radical (unpaired) electrons. The minimum atomic E-state index is -0.706. The molecule has 0 aliphatic carbocycles. The molecule has 6 N–H and O–H groups in total. The van der Waals surface area contributed by atoms with Crippen molar-refractivity contribution in [2.75, 3.05) is 23.0 Å². The van der Waals surface area contributed by atoms with Gasteiger partial charge in [0.2, 0.25) is 0 Å². The first-order chi connectivity index (χ1) is 8.54.